The zero-order valence-electron chi connectivity index (χ0n) is 59.4. The quantitative estimate of drug-likeness (QED) is 0.0991. The Morgan fingerprint density at radius 2 is 0.450 bits per heavy atom. The molecule has 0 aliphatic carbocycles. The fourth-order valence-electron chi connectivity index (χ4n) is 20.0. The first-order valence-corrected chi connectivity index (χ1v) is 43.2. The van der Waals surface area contributed by atoms with E-state index in [1.54, 1.807) is 0 Å². The van der Waals surface area contributed by atoms with Crippen molar-refractivity contribution in [2.24, 2.45) is 0 Å². The van der Waals surface area contributed by atoms with Gasteiger partial charge in [-0.2, -0.15) is 0 Å². The maximum atomic E-state index is 17.4. The summed E-state index contributed by atoms with van der Waals surface area (Å²) in [6.07, 6.45) is 0. The summed E-state index contributed by atoms with van der Waals surface area (Å²) in [5.74, 6) is 0. The van der Waals surface area contributed by atoms with Crippen LogP contribution in [-0.2, 0) is 16.4 Å². The third kappa shape index (κ3) is 8.53. The molecule has 22 aromatic carbocycles. The Morgan fingerprint density at radius 1 is 0.234 bits per heavy atom. The van der Waals surface area contributed by atoms with Crippen LogP contribution in [0.1, 0.15) is 0 Å². The maximum absolute atomic E-state index is 17.4. The molecule has 0 aromatic heterocycles. The molecule has 0 N–H and O–H groups in total. The smallest absolute Gasteiger partial charge is 0.179 e. The van der Waals surface area contributed by atoms with Crippen LogP contribution in [-0.4, -0.2) is 5.34 Å². The highest BCUT2D eigenvalue weighted by Crippen LogP contribution is 2.67. The summed E-state index contributed by atoms with van der Waals surface area (Å²) >= 11 is 17.1. The van der Waals surface area contributed by atoms with Crippen molar-refractivity contribution in [2.75, 3.05) is 24.9 Å². The number of hydrogen-bond acceptors (Lipinski definition) is 6. The van der Waals surface area contributed by atoms with Gasteiger partial charge in [0.05, 0.1) is 56.1 Å². The topological polar surface area (TPSA) is 30.0 Å². The Hall–Kier alpha value is -12.3. The molecule has 0 spiro atoms. The molecule has 0 fully saturated rings. The Labute approximate surface area is 653 Å². The average Bonchev–Trinajstić information content (AvgIpc) is 0.669. The van der Waals surface area contributed by atoms with E-state index in [1.165, 1.54) is 146 Å². The number of nitrogens with zero attached hydrogens (tertiary/aromatic N) is 4. The highest BCUT2D eigenvalue weighted by atomic mass is 35.5. The van der Waals surface area contributed by atoms with Gasteiger partial charge in [-0.3, -0.25) is 0 Å². The lowest BCUT2D eigenvalue weighted by Gasteiger charge is -2.47. The Morgan fingerprint density at radius 3 is 0.721 bits per heavy atom. The van der Waals surface area contributed by atoms with Gasteiger partial charge in [-0.05, 0) is 205 Å². The predicted octanol–water partition coefficient (Wildman–Crippen LogP) is 26.9. The van der Waals surface area contributed by atoms with Crippen LogP contribution in [0.25, 0.3) is 129 Å². The maximum Gasteiger partial charge on any atom is 0.179 e. The van der Waals surface area contributed by atoms with Gasteiger partial charge in [0.15, 0.2) is 7.14 Å². The molecule has 0 saturated carbocycles. The normalized spacial score (nSPS) is 14.2. The molecule has 10 heteroatoms. The van der Waals surface area contributed by atoms with Crippen LogP contribution in [0.5, 0.6) is 0 Å². The molecule has 0 radical (unpaired) electrons. The van der Waals surface area contributed by atoms with Gasteiger partial charge in [-0.1, -0.05) is 267 Å². The summed E-state index contributed by atoms with van der Waals surface area (Å²) in [4.78, 5) is 9.80. The van der Waals surface area contributed by atoms with E-state index in [1.807, 2.05) is 0 Å². The fourth-order valence-corrected chi connectivity index (χ4v) is 28.3. The highest BCUT2D eigenvalue weighted by molar-refractivity contribution is 8.26. The van der Waals surface area contributed by atoms with E-state index in [-0.39, 0.29) is 5.34 Å². The van der Waals surface area contributed by atoms with E-state index >= 15 is 4.57 Å². The lowest BCUT2D eigenvalue weighted by Crippen LogP contribution is -2.43. The lowest BCUT2D eigenvalue weighted by molar-refractivity contribution is 0.592. The molecule has 0 bridgehead atoms. The van der Waals surface area contributed by atoms with Crippen molar-refractivity contribution in [3.8, 4) is 0 Å². The first-order chi connectivity index (χ1) is 54.8. The van der Waals surface area contributed by atoms with Gasteiger partial charge in [0.2, 0.25) is 0 Å². The summed E-state index contributed by atoms with van der Waals surface area (Å²) < 4.78 is 17.4. The number of para-hydroxylation sites is 4. The van der Waals surface area contributed by atoms with Crippen LogP contribution in [0.3, 0.4) is 0 Å². The van der Waals surface area contributed by atoms with E-state index in [2.05, 4.69) is 371 Å². The minimum absolute atomic E-state index is 0.194. The Kier molecular flexibility index (Phi) is 13.5. The molecule has 4 aliphatic rings. The first kappa shape index (κ1) is 63.6. The summed E-state index contributed by atoms with van der Waals surface area (Å²) in [6.45, 7) is 0. The molecule has 22 aromatic rings. The molecule has 26 rings (SSSR count). The third-order valence-corrected chi connectivity index (χ3v) is 32.3. The largest absolute Gasteiger partial charge is 0.308 e. The van der Waals surface area contributed by atoms with Crippen molar-refractivity contribution in [3.05, 3.63) is 352 Å². The van der Waals surface area contributed by atoms with Gasteiger partial charge >= 0.3 is 0 Å². The number of rotatable bonds is 4. The second-order valence-electron chi connectivity index (χ2n) is 29.7. The van der Waals surface area contributed by atoms with Crippen LogP contribution < -0.4 is 51.4 Å². The highest BCUT2D eigenvalue weighted by Gasteiger charge is 2.51. The van der Waals surface area contributed by atoms with E-state index in [4.69, 9.17) is 35.0 Å². The first-order valence-electron chi connectivity index (χ1n) is 37.6. The Bertz CT molecular complexity index is 6850. The van der Waals surface area contributed by atoms with Crippen molar-refractivity contribution in [3.63, 3.8) is 0 Å². The van der Waals surface area contributed by atoms with Gasteiger partial charge in [-0.15, -0.1) is 23.2 Å². The van der Waals surface area contributed by atoms with Gasteiger partial charge < -0.3 is 24.2 Å². The second-order valence-corrected chi connectivity index (χ2v) is 37.4. The van der Waals surface area contributed by atoms with Crippen molar-refractivity contribution in [1.82, 2.24) is 0 Å². The molecule has 0 saturated heterocycles. The molecular formula is C101H60Cl2N4OP2S. The van der Waals surface area contributed by atoms with E-state index < -0.39 is 13.2 Å². The zero-order valence-corrected chi connectivity index (χ0v) is 63.6. The van der Waals surface area contributed by atoms with Gasteiger partial charge in [0.25, 0.3) is 0 Å². The SMILES string of the molecule is ClCCl.O=P12c3cc4ccc5cccc6ccc(c3N(c3ccccc3)c3cccc(c31)N(c1ccccc1)c1c2cc2ccc3cccc7ccc1c2c37)c4c56.S=P12c3cc4ccc5cccc6ccc(c3N(c3ccccc3)c3cccc(c31)N(c1ccccc1)c1c2cc2ccc3cccc7ccc1c2c37)c4c56. The molecule has 4 heterocycles. The van der Waals surface area contributed by atoms with Gasteiger partial charge in [-0.25, -0.2) is 0 Å². The van der Waals surface area contributed by atoms with Gasteiger partial charge in [0.1, 0.15) is 0 Å². The van der Waals surface area contributed by atoms with Gasteiger partial charge in [0, 0.05) is 76.9 Å². The lowest BCUT2D eigenvalue weighted by atomic mass is 9.92. The number of alkyl halides is 2. The molecule has 0 unspecified atom stereocenters. The molecule has 5 nitrogen and oxygen atoms in total. The minimum atomic E-state index is -3.55. The molecule has 0 atom stereocenters. The van der Waals surface area contributed by atoms with Crippen LogP contribution in [0.2, 0.25) is 0 Å². The van der Waals surface area contributed by atoms with Crippen LogP contribution in [0.15, 0.2) is 352 Å². The summed E-state index contributed by atoms with van der Waals surface area (Å²) in [5.41, 5.74) is 13.0. The van der Waals surface area contributed by atoms with Crippen LogP contribution in [0, 0.1) is 0 Å². The molecule has 4 aliphatic heterocycles. The van der Waals surface area contributed by atoms with E-state index in [0.717, 1.165) is 83.0 Å². The minimum Gasteiger partial charge on any atom is -0.308 e. The number of hydrogen-bond donors (Lipinski definition) is 0. The average molecular weight is 1510 g/mol. The van der Waals surface area contributed by atoms with Crippen molar-refractivity contribution < 1.29 is 4.57 Å². The van der Waals surface area contributed by atoms with Crippen LogP contribution >= 0.6 is 36.4 Å². The molecule has 520 valence electrons. The standard InChI is InChI=1S/C50H29N2OP.C50H29N2PS.CH2Cl2/c53-54-42-28-34-22-20-30-10-7-12-32-24-26-38(46(34)44(30)32)48(42)51(36-14-3-1-4-15-36)40-18-9-19-41(50(40)54)52(37-16-5-2-6-17-37)49-39-27-25-33-13-8-11-31-21-23-35(29-43(49)54)47(39)45(31)33;54-53-42-28-34-22-20-30-10-7-12-32-24-26-38(46(34)44(30)32)48(42)51(36-14-3-1-4-15-36)40-18-9-19-41(50(40)53)52(37-16-5-2-6-17-37)49-39-27-25-33-13-8-11-31-21-23-35(29-43(49)53)47(39)45(31)33;2-1-3/h2*1-29H;1H2. The molecule has 111 heavy (non-hydrogen) atoms. The fraction of sp³-hybridized carbons (Fsp3) is 0.00990. The van der Waals surface area contributed by atoms with Crippen molar-refractivity contribution in [1.29, 1.82) is 0 Å². The van der Waals surface area contributed by atoms with E-state index in [9.17, 15) is 0 Å². The second kappa shape index (κ2) is 23.6. The van der Waals surface area contributed by atoms with Crippen LogP contribution in [0.4, 0.5) is 68.2 Å². The number of halogens is 2. The number of anilines is 12. The molecule has 0 amide bonds. The van der Waals surface area contributed by atoms with Crippen molar-refractivity contribution >= 4 is 278 Å². The number of fused-ring (bicyclic) bond motifs is 12. The number of benzene rings is 22. The summed E-state index contributed by atoms with van der Waals surface area (Å²) in [7, 11) is -3.55. The summed E-state index contributed by atoms with van der Waals surface area (Å²) in [5, 5.41) is 36.2. The Balaban J connectivity index is 0.000000125. The van der Waals surface area contributed by atoms with Crippen molar-refractivity contribution in [2.45, 2.75) is 0 Å². The predicted molar refractivity (Wildman–Crippen MR) is 483 cm³/mol. The third-order valence-electron chi connectivity index (χ3n) is 24.3. The summed E-state index contributed by atoms with van der Waals surface area (Å²) in [6, 6.07) is 126. The monoisotopic (exact) mass is 1510 g/mol. The molecular weight excluding hydrogens is 1450 g/mol. The van der Waals surface area contributed by atoms with E-state index in [0.29, 0.717) is 0 Å². The zero-order chi connectivity index (χ0) is 73.3.